The van der Waals surface area contributed by atoms with Crippen LogP contribution in [0.3, 0.4) is 0 Å². The molecule has 0 bridgehead atoms. The van der Waals surface area contributed by atoms with Gasteiger partial charge in [-0.1, -0.05) is 28.1 Å². The topological polar surface area (TPSA) is 92.7 Å². The lowest BCUT2D eigenvalue weighted by Gasteiger charge is -2.18. The summed E-state index contributed by atoms with van der Waals surface area (Å²) in [5.41, 5.74) is 0.410. The fourth-order valence-electron chi connectivity index (χ4n) is 2.20. The molecule has 0 aliphatic rings. The quantitative estimate of drug-likeness (QED) is 0.645. The van der Waals surface area contributed by atoms with Crippen LogP contribution in [0.2, 0.25) is 0 Å². The summed E-state index contributed by atoms with van der Waals surface area (Å²) in [4.78, 5) is 10.8. The van der Waals surface area contributed by atoms with Crippen molar-refractivity contribution in [3.63, 3.8) is 0 Å². The molecule has 0 heterocycles. The second-order valence-electron chi connectivity index (χ2n) is 5.35. The van der Waals surface area contributed by atoms with Gasteiger partial charge in [0.25, 0.3) is 0 Å². The smallest absolute Gasteiger partial charge is 0.481 e. The van der Waals surface area contributed by atoms with Crippen LogP contribution in [0.25, 0.3) is 0 Å². The van der Waals surface area contributed by atoms with Crippen molar-refractivity contribution < 1.29 is 36.2 Å². The molecule has 2 N–H and O–H groups in total. The van der Waals surface area contributed by atoms with E-state index in [1.165, 1.54) is 0 Å². The van der Waals surface area contributed by atoms with Crippen LogP contribution in [-0.2, 0) is 14.8 Å². The molecule has 0 aliphatic heterocycles. The summed E-state index contributed by atoms with van der Waals surface area (Å²) in [6.07, 6.45) is -5.42. The number of nitrogens with one attached hydrogen (secondary N) is 1. The van der Waals surface area contributed by atoms with Crippen LogP contribution >= 0.6 is 15.9 Å². The van der Waals surface area contributed by atoms with Crippen molar-refractivity contribution in [3.8, 4) is 5.75 Å². The summed E-state index contributed by atoms with van der Waals surface area (Å²) in [7, 11) is -4.19. The van der Waals surface area contributed by atoms with Gasteiger partial charge in [0.1, 0.15) is 5.75 Å². The number of aliphatic carboxylic acids is 1. The Morgan fingerprint density at radius 2 is 1.81 bits per heavy atom. The first-order valence-corrected chi connectivity index (χ1v) is 9.59. The number of carboxylic acid groups (broad SMARTS) is 1. The SMILES string of the molecule is O=C(O)CC(NS(=O)(=O)c1ccc(OC(F)(F)F)cc1)c1cccc(Br)c1. The zero-order valence-corrected chi connectivity index (χ0v) is 15.8. The number of carboxylic acids is 1. The molecule has 11 heteroatoms. The van der Waals surface area contributed by atoms with E-state index in [9.17, 15) is 26.4 Å². The maximum Gasteiger partial charge on any atom is 0.573 e. The monoisotopic (exact) mass is 467 g/mol. The average Bonchev–Trinajstić information content (AvgIpc) is 2.52. The largest absolute Gasteiger partial charge is 0.573 e. The maximum atomic E-state index is 12.5. The summed E-state index contributed by atoms with van der Waals surface area (Å²) in [6, 6.07) is 8.93. The predicted octanol–water partition coefficient (Wildman–Crippen LogP) is 3.84. The Hall–Kier alpha value is -2.11. The Balaban J connectivity index is 2.26. The van der Waals surface area contributed by atoms with Gasteiger partial charge in [0.15, 0.2) is 0 Å². The molecule has 146 valence electrons. The number of ether oxygens (including phenoxy) is 1. The first-order valence-electron chi connectivity index (χ1n) is 7.32. The Labute approximate surface area is 161 Å². The maximum absolute atomic E-state index is 12.5. The van der Waals surface area contributed by atoms with E-state index in [0.717, 1.165) is 24.3 Å². The van der Waals surface area contributed by atoms with Crippen molar-refractivity contribution in [1.82, 2.24) is 4.72 Å². The van der Waals surface area contributed by atoms with E-state index in [4.69, 9.17) is 5.11 Å². The van der Waals surface area contributed by atoms with Gasteiger partial charge in [-0.3, -0.25) is 4.79 Å². The molecule has 0 saturated carbocycles. The van der Waals surface area contributed by atoms with Crippen molar-refractivity contribution in [1.29, 1.82) is 0 Å². The molecular formula is C16H13BrF3NO5S. The molecule has 0 saturated heterocycles. The van der Waals surface area contributed by atoms with E-state index in [2.05, 4.69) is 25.4 Å². The molecule has 6 nitrogen and oxygen atoms in total. The fourth-order valence-corrected chi connectivity index (χ4v) is 3.84. The van der Waals surface area contributed by atoms with Gasteiger partial charge in [0.05, 0.1) is 17.4 Å². The number of sulfonamides is 1. The second-order valence-corrected chi connectivity index (χ2v) is 7.98. The molecule has 2 aromatic rings. The zero-order valence-electron chi connectivity index (χ0n) is 13.4. The lowest BCUT2D eigenvalue weighted by Crippen LogP contribution is -2.30. The highest BCUT2D eigenvalue weighted by atomic mass is 79.9. The van der Waals surface area contributed by atoms with Gasteiger partial charge in [-0.05, 0) is 42.0 Å². The summed E-state index contributed by atoms with van der Waals surface area (Å²) in [5, 5.41) is 9.06. The number of benzene rings is 2. The molecule has 2 rings (SSSR count). The molecule has 0 fully saturated rings. The molecule has 27 heavy (non-hydrogen) atoms. The third-order valence-electron chi connectivity index (χ3n) is 3.29. The zero-order chi connectivity index (χ0) is 20.2. The predicted molar refractivity (Wildman–Crippen MR) is 92.6 cm³/mol. The minimum absolute atomic E-state index is 0.331. The third kappa shape index (κ3) is 6.52. The van der Waals surface area contributed by atoms with Crippen LogP contribution in [0, 0.1) is 0 Å². The van der Waals surface area contributed by atoms with Crippen molar-refractivity contribution in [2.24, 2.45) is 0 Å². The first-order chi connectivity index (χ1) is 12.5. The third-order valence-corrected chi connectivity index (χ3v) is 5.28. The van der Waals surface area contributed by atoms with Gasteiger partial charge in [0.2, 0.25) is 10.0 Å². The Kier molecular flexibility index (Phi) is 6.50. The minimum Gasteiger partial charge on any atom is -0.481 e. The van der Waals surface area contributed by atoms with Crippen molar-refractivity contribution in [3.05, 3.63) is 58.6 Å². The summed E-state index contributed by atoms with van der Waals surface area (Å²) < 4.78 is 68.1. The van der Waals surface area contributed by atoms with E-state index >= 15 is 0 Å². The molecular weight excluding hydrogens is 455 g/mol. The molecule has 0 aliphatic carbocycles. The van der Waals surface area contributed by atoms with Crippen LogP contribution in [0.4, 0.5) is 13.2 Å². The number of rotatable bonds is 7. The first kappa shape index (κ1) is 21.2. The van der Waals surface area contributed by atoms with E-state index in [-0.39, 0.29) is 4.90 Å². The van der Waals surface area contributed by atoms with Crippen molar-refractivity contribution in [2.45, 2.75) is 23.7 Å². The average molecular weight is 468 g/mol. The highest BCUT2D eigenvalue weighted by Gasteiger charge is 2.31. The van der Waals surface area contributed by atoms with Crippen molar-refractivity contribution >= 4 is 31.9 Å². The van der Waals surface area contributed by atoms with E-state index in [1.807, 2.05) is 0 Å². The summed E-state index contributed by atoms with van der Waals surface area (Å²) >= 11 is 3.22. The molecule has 0 aromatic heterocycles. The lowest BCUT2D eigenvalue weighted by molar-refractivity contribution is -0.274. The summed E-state index contributed by atoms with van der Waals surface area (Å²) in [6.45, 7) is 0. The van der Waals surface area contributed by atoms with Crippen LogP contribution < -0.4 is 9.46 Å². The van der Waals surface area contributed by atoms with Crippen LogP contribution in [0.5, 0.6) is 5.75 Å². The van der Waals surface area contributed by atoms with Gasteiger partial charge in [-0.2, -0.15) is 0 Å². The standard InChI is InChI=1S/C16H13BrF3NO5S/c17-11-3-1-2-10(8-11)14(9-15(22)23)21-27(24,25)13-6-4-12(5-7-13)26-16(18,19)20/h1-8,14,21H,9H2,(H,22,23). The Morgan fingerprint density at radius 1 is 1.19 bits per heavy atom. The van der Waals surface area contributed by atoms with Gasteiger partial charge in [-0.15, -0.1) is 13.2 Å². The van der Waals surface area contributed by atoms with Gasteiger partial charge in [-0.25, -0.2) is 13.1 Å². The van der Waals surface area contributed by atoms with Crippen LogP contribution in [0.15, 0.2) is 57.9 Å². The molecule has 0 radical (unpaired) electrons. The number of carbonyl (C=O) groups is 1. The Morgan fingerprint density at radius 3 is 2.33 bits per heavy atom. The van der Waals surface area contributed by atoms with Crippen molar-refractivity contribution in [2.75, 3.05) is 0 Å². The molecule has 1 unspecified atom stereocenters. The van der Waals surface area contributed by atoms with Gasteiger partial charge >= 0.3 is 12.3 Å². The number of alkyl halides is 3. The lowest BCUT2D eigenvalue weighted by atomic mass is 10.1. The van der Waals surface area contributed by atoms with E-state index in [1.54, 1.807) is 24.3 Å². The van der Waals surface area contributed by atoms with Crippen LogP contribution in [0.1, 0.15) is 18.0 Å². The number of halogens is 4. The van der Waals surface area contributed by atoms with Crippen LogP contribution in [-0.4, -0.2) is 25.9 Å². The van der Waals surface area contributed by atoms with E-state index in [0.29, 0.717) is 10.0 Å². The molecule has 2 aromatic carbocycles. The fraction of sp³-hybridized carbons (Fsp3) is 0.188. The minimum atomic E-state index is -4.90. The second kappa shape index (κ2) is 8.28. The number of hydrogen-bond donors (Lipinski definition) is 2. The van der Waals surface area contributed by atoms with Gasteiger partial charge in [0, 0.05) is 4.47 Å². The number of hydrogen-bond acceptors (Lipinski definition) is 4. The van der Waals surface area contributed by atoms with Gasteiger partial charge < -0.3 is 9.84 Å². The highest BCUT2D eigenvalue weighted by molar-refractivity contribution is 9.10. The normalized spacial score (nSPS) is 13.2. The highest BCUT2D eigenvalue weighted by Crippen LogP contribution is 2.26. The van der Waals surface area contributed by atoms with E-state index < -0.39 is 40.6 Å². The Bertz CT molecular complexity index is 916. The molecule has 0 spiro atoms. The molecule has 0 amide bonds. The summed E-state index contributed by atoms with van der Waals surface area (Å²) in [5.74, 6) is -1.80. The molecule has 1 atom stereocenters.